The van der Waals surface area contributed by atoms with Gasteiger partial charge in [0.1, 0.15) is 5.60 Å². The van der Waals surface area contributed by atoms with E-state index in [1.54, 1.807) is 6.92 Å². The molecule has 0 aromatic heterocycles. The standard InChI is InChI=1S/C8H13O2S/c1-6(5-11)7(9)10-8(2,3)4/h6H,1-4H3. The molecule has 0 aromatic rings. The first-order valence-corrected chi connectivity index (χ1v) is 3.88. The van der Waals surface area contributed by atoms with Crippen LogP contribution in [0.3, 0.4) is 0 Å². The molecule has 0 aromatic carbocycles. The maximum atomic E-state index is 11.0. The predicted molar refractivity (Wildman–Crippen MR) is 47.6 cm³/mol. The quantitative estimate of drug-likeness (QED) is 0.471. The van der Waals surface area contributed by atoms with Gasteiger partial charge in [-0.15, -0.1) is 0 Å². The summed E-state index contributed by atoms with van der Waals surface area (Å²) in [5, 5.41) is 2.40. The second kappa shape index (κ2) is 3.81. The molecule has 63 valence electrons. The number of thiocarbonyl (C=S) groups is 1. The Hall–Kier alpha value is -0.440. The average molecular weight is 173 g/mol. The van der Waals surface area contributed by atoms with E-state index in [0.29, 0.717) is 0 Å². The molecule has 1 atom stereocenters. The van der Waals surface area contributed by atoms with Crippen LogP contribution in [0.2, 0.25) is 0 Å². The van der Waals surface area contributed by atoms with Crippen LogP contribution in [0, 0.1) is 5.92 Å². The van der Waals surface area contributed by atoms with E-state index in [4.69, 9.17) is 4.74 Å². The van der Waals surface area contributed by atoms with E-state index in [2.05, 4.69) is 17.6 Å². The predicted octanol–water partition coefficient (Wildman–Crippen LogP) is 1.84. The molecule has 2 nitrogen and oxygen atoms in total. The van der Waals surface area contributed by atoms with Crippen LogP contribution in [0.4, 0.5) is 0 Å². The molecule has 0 aliphatic carbocycles. The van der Waals surface area contributed by atoms with Crippen LogP contribution in [0.25, 0.3) is 0 Å². The SMILES string of the molecule is CC([C]=S)C(=O)OC(C)(C)C. The van der Waals surface area contributed by atoms with Crippen molar-refractivity contribution < 1.29 is 9.53 Å². The Morgan fingerprint density at radius 3 is 2.27 bits per heavy atom. The summed E-state index contributed by atoms with van der Waals surface area (Å²) in [4.78, 5) is 11.0. The molecule has 0 saturated heterocycles. The zero-order valence-corrected chi connectivity index (χ0v) is 8.12. The summed E-state index contributed by atoms with van der Waals surface area (Å²) in [6, 6.07) is 0. The van der Waals surface area contributed by atoms with E-state index < -0.39 is 11.5 Å². The number of rotatable bonds is 2. The molecule has 3 heteroatoms. The Morgan fingerprint density at radius 2 is 2.00 bits per heavy atom. The number of ether oxygens (including phenoxy) is 1. The molecule has 0 aliphatic heterocycles. The van der Waals surface area contributed by atoms with Crippen LogP contribution in [0.5, 0.6) is 0 Å². The molecule has 0 spiro atoms. The van der Waals surface area contributed by atoms with E-state index in [-0.39, 0.29) is 5.97 Å². The van der Waals surface area contributed by atoms with Crippen LogP contribution < -0.4 is 0 Å². The summed E-state index contributed by atoms with van der Waals surface area (Å²) in [5.74, 6) is -0.725. The maximum Gasteiger partial charge on any atom is 0.314 e. The van der Waals surface area contributed by atoms with Gasteiger partial charge in [0.05, 0.1) is 5.92 Å². The Morgan fingerprint density at radius 1 is 1.55 bits per heavy atom. The minimum absolute atomic E-state index is 0.312. The second-order valence-electron chi connectivity index (χ2n) is 3.37. The molecule has 0 fully saturated rings. The Balaban J connectivity index is 3.98. The fraction of sp³-hybridized carbons (Fsp3) is 0.750. The molecule has 1 radical (unpaired) electrons. The first-order valence-electron chi connectivity index (χ1n) is 3.47. The topological polar surface area (TPSA) is 26.3 Å². The van der Waals surface area contributed by atoms with Gasteiger partial charge < -0.3 is 4.74 Å². The molecule has 1 unspecified atom stereocenters. The van der Waals surface area contributed by atoms with Gasteiger partial charge in [-0.05, 0) is 27.7 Å². The fourth-order valence-corrected chi connectivity index (χ4v) is 0.535. The lowest BCUT2D eigenvalue weighted by Crippen LogP contribution is -2.27. The summed E-state index contributed by atoms with van der Waals surface area (Å²) in [6.45, 7) is 7.13. The minimum Gasteiger partial charge on any atom is -0.459 e. The van der Waals surface area contributed by atoms with E-state index in [0.717, 1.165) is 0 Å². The number of esters is 1. The molecule has 0 bridgehead atoms. The number of carbonyl (C=O) groups excluding carboxylic acids is 1. The second-order valence-corrected chi connectivity index (χ2v) is 3.61. The monoisotopic (exact) mass is 173 g/mol. The molecule has 0 N–H and O–H groups in total. The first-order chi connectivity index (χ1) is 4.87. The minimum atomic E-state index is -0.433. The first kappa shape index (κ1) is 10.6. The van der Waals surface area contributed by atoms with E-state index >= 15 is 0 Å². The smallest absolute Gasteiger partial charge is 0.314 e. The summed E-state index contributed by atoms with van der Waals surface area (Å²) < 4.78 is 5.02. The highest BCUT2D eigenvalue weighted by Crippen LogP contribution is 2.09. The molecule has 0 aliphatic rings. The van der Waals surface area contributed by atoms with Gasteiger partial charge in [-0.25, -0.2) is 0 Å². The molecule has 0 rings (SSSR count). The Labute approximate surface area is 72.9 Å². The molecule has 0 heterocycles. The van der Waals surface area contributed by atoms with E-state index in [1.807, 2.05) is 20.8 Å². The Bertz CT molecular complexity index is 158. The highest BCUT2D eigenvalue weighted by molar-refractivity contribution is 7.79. The zero-order chi connectivity index (χ0) is 9.07. The van der Waals surface area contributed by atoms with Crippen molar-refractivity contribution >= 4 is 23.6 Å². The molecular weight excluding hydrogens is 160 g/mol. The lowest BCUT2D eigenvalue weighted by molar-refractivity contribution is -0.156. The van der Waals surface area contributed by atoms with Crippen LogP contribution in [-0.2, 0) is 9.53 Å². The fourth-order valence-electron chi connectivity index (χ4n) is 0.438. The third-order valence-corrected chi connectivity index (χ3v) is 1.29. The molecule has 0 saturated carbocycles. The van der Waals surface area contributed by atoms with Gasteiger partial charge in [0.2, 0.25) is 0 Å². The lowest BCUT2D eigenvalue weighted by atomic mass is 10.1. The largest absolute Gasteiger partial charge is 0.459 e. The van der Waals surface area contributed by atoms with Crippen LogP contribution in [0.15, 0.2) is 0 Å². The molecular formula is C8H13O2S. The van der Waals surface area contributed by atoms with Gasteiger partial charge in [-0.2, -0.15) is 0 Å². The molecule has 11 heavy (non-hydrogen) atoms. The van der Waals surface area contributed by atoms with Crippen molar-refractivity contribution in [2.75, 3.05) is 0 Å². The van der Waals surface area contributed by atoms with Gasteiger partial charge in [0, 0.05) is 5.37 Å². The average Bonchev–Trinajstić information content (AvgIpc) is 1.82. The van der Waals surface area contributed by atoms with Crippen molar-refractivity contribution in [2.45, 2.75) is 33.3 Å². The summed E-state index contributed by atoms with van der Waals surface area (Å²) in [6.07, 6.45) is 0. The van der Waals surface area contributed by atoms with E-state index in [1.165, 1.54) is 0 Å². The van der Waals surface area contributed by atoms with E-state index in [9.17, 15) is 4.79 Å². The highest BCUT2D eigenvalue weighted by atomic mass is 32.1. The number of carbonyl (C=O) groups is 1. The maximum absolute atomic E-state index is 11.0. The zero-order valence-electron chi connectivity index (χ0n) is 7.30. The van der Waals surface area contributed by atoms with Gasteiger partial charge in [-0.3, -0.25) is 4.79 Å². The number of hydrogen-bond donors (Lipinski definition) is 0. The Kier molecular flexibility index (Phi) is 3.66. The summed E-state index contributed by atoms with van der Waals surface area (Å²) in [7, 11) is 0. The van der Waals surface area contributed by atoms with Crippen molar-refractivity contribution in [3.8, 4) is 0 Å². The normalized spacial score (nSPS) is 13.8. The van der Waals surface area contributed by atoms with Crippen molar-refractivity contribution in [2.24, 2.45) is 5.92 Å². The summed E-state index contributed by atoms with van der Waals surface area (Å²) in [5.41, 5.74) is -0.433. The van der Waals surface area contributed by atoms with Gasteiger partial charge in [0.25, 0.3) is 0 Å². The third kappa shape index (κ3) is 4.90. The van der Waals surface area contributed by atoms with Crippen LogP contribution >= 0.6 is 12.2 Å². The van der Waals surface area contributed by atoms with Crippen molar-refractivity contribution in [1.29, 1.82) is 0 Å². The lowest BCUT2D eigenvalue weighted by Gasteiger charge is -2.20. The van der Waals surface area contributed by atoms with Crippen LogP contribution in [0.1, 0.15) is 27.7 Å². The van der Waals surface area contributed by atoms with Crippen molar-refractivity contribution in [3.63, 3.8) is 0 Å². The molecule has 0 amide bonds. The van der Waals surface area contributed by atoms with Gasteiger partial charge >= 0.3 is 5.97 Å². The number of hydrogen-bond acceptors (Lipinski definition) is 3. The highest BCUT2D eigenvalue weighted by Gasteiger charge is 2.19. The third-order valence-electron chi connectivity index (χ3n) is 0.937. The van der Waals surface area contributed by atoms with Crippen molar-refractivity contribution in [3.05, 3.63) is 0 Å². The summed E-state index contributed by atoms with van der Waals surface area (Å²) >= 11 is 4.49. The van der Waals surface area contributed by atoms with Crippen LogP contribution in [-0.4, -0.2) is 16.9 Å². The van der Waals surface area contributed by atoms with Crippen molar-refractivity contribution in [1.82, 2.24) is 0 Å². The van der Waals surface area contributed by atoms with Gasteiger partial charge in [0.15, 0.2) is 0 Å². The van der Waals surface area contributed by atoms with Gasteiger partial charge in [-0.1, -0.05) is 12.2 Å².